The van der Waals surface area contributed by atoms with Crippen molar-refractivity contribution in [2.75, 3.05) is 13.2 Å². The molecule has 0 bridgehead atoms. The Kier molecular flexibility index (Phi) is 5.42. The largest absolute Gasteiger partial charge is 0.456 e. The number of esters is 1. The Labute approximate surface area is 173 Å². The van der Waals surface area contributed by atoms with Crippen molar-refractivity contribution in [2.45, 2.75) is 23.5 Å². The zero-order chi connectivity index (χ0) is 21.3. The van der Waals surface area contributed by atoms with Crippen LogP contribution in [0.1, 0.15) is 16.9 Å². The average Bonchev–Trinajstić information content (AvgIpc) is 3.41. The molecule has 1 aromatic heterocycles. The van der Waals surface area contributed by atoms with Crippen LogP contribution in [0.4, 0.5) is 0 Å². The zero-order valence-corrected chi connectivity index (χ0v) is 16.7. The van der Waals surface area contributed by atoms with Crippen molar-refractivity contribution in [3.05, 3.63) is 66.5 Å². The summed E-state index contributed by atoms with van der Waals surface area (Å²) >= 11 is 0. The minimum atomic E-state index is -4.06. The summed E-state index contributed by atoms with van der Waals surface area (Å²) in [7, 11) is -4.06. The molecule has 2 atom stereocenters. The summed E-state index contributed by atoms with van der Waals surface area (Å²) in [5.41, 5.74) is 0.287. The van der Waals surface area contributed by atoms with Crippen LogP contribution >= 0.6 is 0 Å². The number of aliphatic hydroxyl groups is 1. The third-order valence-corrected chi connectivity index (χ3v) is 6.95. The monoisotopic (exact) mass is 428 g/mol. The van der Waals surface area contributed by atoms with E-state index in [4.69, 9.17) is 4.74 Å². The number of β-amino-alcohol motifs (C(OH)–C–C–N with tert-alkyl or cyclic N) is 1. The average molecular weight is 428 g/mol. The van der Waals surface area contributed by atoms with Crippen LogP contribution in [0.3, 0.4) is 0 Å². The Morgan fingerprint density at radius 2 is 1.87 bits per heavy atom. The molecule has 0 amide bonds. The summed E-state index contributed by atoms with van der Waals surface area (Å²) in [5, 5.41) is 11.7. The number of rotatable bonds is 6. The lowest BCUT2D eigenvalue weighted by atomic mass is 10.1. The second kappa shape index (κ2) is 8.02. The normalized spacial score (nSPS) is 19.8. The number of sulfonamides is 1. The molecule has 3 aromatic rings. The van der Waals surface area contributed by atoms with Gasteiger partial charge in [0.15, 0.2) is 6.61 Å². The molecule has 2 aromatic carbocycles. The summed E-state index contributed by atoms with van der Waals surface area (Å²) in [6.07, 6.45) is 0.472. The summed E-state index contributed by atoms with van der Waals surface area (Å²) in [5.74, 6) is -1.30. The Morgan fingerprint density at radius 1 is 1.10 bits per heavy atom. The highest BCUT2D eigenvalue weighted by atomic mass is 32.2. The fourth-order valence-electron chi connectivity index (χ4n) is 3.54. The van der Waals surface area contributed by atoms with Crippen molar-refractivity contribution in [1.82, 2.24) is 9.29 Å². The second-order valence-corrected chi connectivity index (χ2v) is 8.99. The first-order chi connectivity index (χ1) is 14.4. The van der Waals surface area contributed by atoms with Crippen molar-refractivity contribution in [3.8, 4) is 0 Å². The van der Waals surface area contributed by atoms with Crippen LogP contribution in [0, 0.1) is 0 Å². The van der Waals surface area contributed by atoms with E-state index in [1.54, 1.807) is 36.5 Å². The van der Waals surface area contributed by atoms with Crippen molar-refractivity contribution in [1.29, 1.82) is 0 Å². The number of carbonyl (C=O) groups excluding carboxylic acids is 2. The Morgan fingerprint density at radius 3 is 2.60 bits per heavy atom. The van der Waals surface area contributed by atoms with Gasteiger partial charge in [0.2, 0.25) is 15.8 Å². The van der Waals surface area contributed by atoms with Crippen molar-refractivity contribution >= 4 is 32.5 Å². The van der Waals surface area contributed by atoms with Crippen LogP contribution < -0.4 is 0 Å². The molecule has 2 heterocycles. The standard InChI is InChI=1S/C21H20N2O6S/c24-16-11-19(21(26)29-13-20(25)18-6-3-9-22-18)23(12-16)30(27,28)17-8-7-14-4-1-2-5-15(14)10-17/h1-10,16,19,22,24H,11-13H2/t16-,19+/m0/s1. The van der Waals surface area contributed by atoms with Crippen LogP contribution in [-0.2, 0) is 19.6 Å². The van der Waals surface area contributed by atoms with E-state index in [-0.39, 0.29) is 23.6 Å². The number of hydrogen-bond acceptors (Lipinski definition) is 6. The molecule has 0 aliphatic carbocycles. The second-order valence-electron chi connectivity index (χ2n) is 7.10. The first-order valence-corrected chi connectivity index (χ1v) is 10.8. The maximum absolute atomic E-state index is 13.2. The number of fused-ring (bicyclic) bond motifs is 1. The number of aromatic nitrogens is 1. The minimum Gasteiger partial charge on any atom is -0.456 e. The molecule has 1 fully saturated rings. The Bertz CT molecular complexity index is 1190. The van der Waals surface area contributed by atoms with Crippen LogP contribution in [0.5, 0.6) is 0 Å². The zero-order valence-electron chi connectivity index (χ0n) is 15.9. The summed E-state index contributed by atoms with van der Waals surface area (Å²) in [4.78, 5) is 27.3. The number of ketones is 1. The maximum atomic E-state index is 13.2. The van der Waals surface area contributed by atoms with E-state index in [1.165, 1.54) is 12.1 Å². The van der Waals surface area contributed by atoms with E-state index in [1.807, 2.05) is 12.1 Å². The van der Waals surface area contributed by atoms with Gasteiger partial charge in [0, 0.05) is 19.2 Å². The van der Waals surface area contributed by atoms with Crippen LogP contribution in [0.15, 0.2) is 65.7 Å². The molecule has 4 rings (SSSR count). The number of ether oxygens (including phenoxy) is 1. The van der Waals surface area contributed by atoms with Gasteiger partial charge in [0.25, 0.3) is 0 Å². The van der Waals surface area contributed by atoms with Gasteiger partial charge >= 0.3 is 5.97 Å². The number of hydrogen-bond donors (Lipinski definition) is 2. The SMILES string of the molecule is O=C(COC(=O)[C@H]1C[C@H](O)CN1S(=O)(=O)c1ccc2ccccc2c1)c1ccc[nH]1. The maximum Gasteiger partial charge on any atom is 0.325 e. The number of nitrogens with one attached hydrogen (secondary N) is 1. The number of carbonyl (C=O) groups is 2. The molecule has 0 saturated carbocycles. The third kappa shape index (κ3) is 3.87. The summed E-state index contributed by atoms with van der Waals surface area (Å²) in [6.45, 7) is -0.741. The topological polar surface area (TPSA) is 117 Å². The number of benzene rings is 2. The summed E-state index contributed by atoms with van der Waals surface area (Å²) < 4.78 is 32.4. The van der Waals surface area contributed by atoms with Crippen LogP contribution in [-0.4, -0.2) is 59.9 Å². The smallest absolute Gasteiger partial charge is 0.325 e. The highest BCUT2D eigenvalue weighted by molar-refractivity contribution is 7.89. The molecular formula is C21H20N2O6S. The van der Waals surface area contributed by atoms with Crippen molar-refractivity contribution in [2.24, 2.45) is 0 Å². The van der Waals surface area contributed by atoms with Gasteiger partial charge in [-0.05, 0) is 35.0 Å². The van der Waals surface area contributed by atoms with E-state index in [2.05, 4.69) is 4.98 Å². The Balaban J connectivity index is 1.54. The molecule has 2 N–H and O–H groups in total. The highest BCUT2D eigenvalue weighted by Gasteiger charge is 2.44. The predicted octanol–water partition coefficient (Wildman–Crippen LogP) is 1.72. The molecular weight excluding hydrogens is 408 g/mol. The predicted molar refractivity (Wildman–Crippen MR) is 108 cm³/mol. The lowest BCUT2D eigenvalue weighted by Gasteiger charge is -2.22. The molecule has 1 aliphatic heterocycles. The first-order valence-electron chi connectivity index (χ1n) is 9.38. The first kappa shape index (κ1) is 20.3. The lowest BCUT2D eigenvalue weighted by Crippen LogP contribution is -2.41. The minimum absolute atomic E-state index is 0.0237. The van der Waals surface area contributed by atoms with Crippen LogP contribution in [0.25, 0.3) is 10.8 Å². The molecule has 1 saturated heterocycles. The Hall–Kier alpha value is -3.01. The van der Waals surface area contributed by atoms with Gasteiger partial charge in [0.05, 0.1) is 16.7 Å². The molecule has 30 heavy (non-hydrogen) atoms. The van der Waals surface area contributed by atoms with Gasteiger partial charge in [0.1, 0.15) is 6.04 Å². The van der Waals surface area contributed by atoms with Crippen molar-refractivity contribution < 1.29 is 27.9 Å². The quantitative estimate of drug-likeness (QED) is 0.456. The highest BCUT2D eigenvalue weighted by Crippen LogP contribution is 2.29. The van der Waals surface area contributed by atoms with E-state index in [0.29, 0.717) is 0 Å². The van der Waals surface area contributed by atoms with E-state index < -0.39 is 40.5 Å². The summed E-state index contributed by atoms with van der Waals surface area (Å²) in [6, 6.07) is 14.0. The molecule has 0 spiro atoms. The molecule has 9 heteroatoms. The number of aliphatic hydroxyl groups excluding tert-OH is 1. The van der Waals surface area contributed by atoms with Gasteiger partial charge in [-0.3, -0.25) is 9.59 Å². The molecule has 0 unspecified atom stereocenters. The van der Waals surface area contributed by atoms with Crippen LogP contribution in [0.2, 0.25) is 0 Å². The molecule has 8 nitrogen and oxygen atoms in total. The van der Waals surface area contributed by atoms with Gasteiger partial charge in [-0.2, -0.15) is 4.31 Å². The molecule has 1 aliphatic rings. The number of nitrogens with zero attached hydrogens (tertiary/aromatic N) is 1. The number of aromatic amines is 1. The van der Waals surface area contributed by atoms with Crippen molar-refractivity contribution in [3.63, 3.8) is 0 Å². The lowest BCUT2D eigenvalue weighted by molar-refractivity contribution is -0.146. The fraction of sp³-hybridized carbons (Fsp3) is 0.238. The van der Waals surface area contributed by atoms with E-state index in [0.717, 1.165) is 15.1 Å². The molecule has 156 valence electrons. The van der Waals surface area contributed by atoms with Gasteiger partial charge in [-0.1, -0.05) is 30.3 Å². The molecule has 0 radical (unpaired) electrons. The van der Waals surface area contributed by atoms with Gasteiger partial charge in [-0.15, -0.1) is 0 Å². The number of Topliss-reactive ketones (excluding diaryl/α,β-unsaturated/α-hetero) is 1. The van der Waals surface area contributed by atoms with E-state index in [9.17, 15) is 23.1 Å². The number of H-pyrrole nitrogens is 1. The van der Waals surface area contributed by atoms with E-state index >= 15 is 0 Å². The van der Waals surface area contributed by atoms with Gasteiger partial charge in [-0.25, -0.2) is 8.42 Å². The third-order valence-electron chi connectivity index (χ3n) is 5.08. The van der Waals surface area contributed by atoms with Gasteiger partial charge < -0.3 is 14.8 Å². The fourth-order valence-corrected chi connectivity index (χ4v) is 5.20.